The second-order valence-corrected chi connectivity index (χ2v) is 4.36. The summed E-state index contributed by atoms with van der Waals surface area (Å²) in [4.78, 5) is 11.6. The van der Waals surface area contributed by atoms with Crippen molar-refractivity contribution in [3.63, 3.8) is 0 Å². The number of benzene rings is 1. The minimum Gasteiger partial charge on any atom is -0.458 e. The molecule has 0 amide bonds. The fourth-order valence-electron chi connectivity index (χ4n) is 1.90. The number of ether oxygens (including phenoxy) is 4. The molecule has 0 aliphatic carbocycles. The van der Waals surface area contributed by atoms with E-state index < -0.39 is 6.10 Å². The van der Waals surface area contributed by atoms with Gasteiger partial charge < -0.3 is 18.9 Å². The smallest absolute Gasteiger partial charge is 0.335 e. The lowest BCUT2D eigenvalue weighted by Gasteiger charge is -2.09. The van der Waals surface area contributed by atoms with E-state index >= 15 is 0 Å². The number of hydrogen-bond acceptors (Lipinski definition) is 5. The van der Waals surface area contributed by atoms with Crippen molar-refractivity contribution in [2.45, 2.75) is 25.2 Å². The number of hydrogen-bond donors (Lipinski definition) is 0. The third kappa shape index (κ3) is 4.31. The van der Waals surface area contributed by atoms with Crippen molar-refractivity contribution < 1.29 is 23.7 Å². The van der Waals surface area contributed by atoms with Crippen molar-refractivity contribution in [1.82, 2.24) is 0 Å². The van der Waals surface area contributed by atoms with Crippen LogP contribution in [0, 0.1) is 0 Å². The van der Waals surface area contributed by atoms with Gasteiger partial charge in [-0.2, -0.15) is 0 Å². The molecule has 104 valence electrons. The van der Waals surface area contributed by atoms with Crippen LogP contribution >= 0.6 is 0 Å². The lowest BCUT2D eigenvalue weighted by atomic mass is 10.2. The first-order valence-electron chi connectivity index (χ1n) is 6.22. The normalized spacial score (nSPS) is 22.5. The fourth-order valence-corrected chi connectivity index (χ4v) is 1.90. The molecule has 1 aromatic rings. The summed E-state index contributed by atoms with van der Waals surface area (Å²) in [6.45, 7) is 0.945. The molecule has 0 bridgehead atoms. The van der Waals surface area contributed by atoms with Gasteiger partial charge in [-0.3, -0.25) is 0 Å². The van der Waals surface area contributed by atoms with Gasteiger partial charge in [0, 0.05) is 13.5 Å². The summed E-state index contributed by atoms with van der Waals surface area (Å²) in [6.07, 6.45) is -0.227. The first kappa shape index (κ1) is 14.0. The third-order valence-electron chi connectivity index (χ3n) is 2.82. The summed E-state index contributed by atoms with van der Waals surface area (Å²) in [6, 6.07) is 9.73. The van der Waals surface area contributed by atoms with E-state index in [0.717, 1.165) is 5.56 Å². The predicted octanol–water partition coefficient (Wildman–Crippen LogP) is 1.51. The number of carbonyl (C=O) groups is 1. The van der Waals surface area contributed by atoms with Gasteiger partial charge in [0.25, 0.3) is 0 Å². The van der Waals surface area contributed by atoms with Crippen molar-refractivity contribution >= 4 is 5.97 Å². The zero-order chi connectivity index (χ0) is 13.5. The van der Waals surface area contributed by atoms with Crippen molar-refractivity contribution in [2.24, 2.45) is 0 Å². The molecule has 2 rings (SSSR count). The average molecular weight is 266 g/mol. The first-order chi connectivity index (χ1) is 9.29. The van der Waals surface area contributed by atoms with Crippen molar-refractivity contribution in [3.05, 3.63) is 35.9 Å². The lowest BCUT2D eigenvalue weighted by molar-refractivity contribution is -0.152. The third-order valence-corrected chi connectivity index (χ3v) is 2.82. The molecule has 5 nitrogen and oxygen atoms in total. The molecule has 0 unspecified atom stereocenters. The molecule has 1 fully saturated rings. The lowest BCUT2D eigenvalue weighted by Crippen LogP contribution is -2.18. The van der Waals surface area contributed by atoms with E-state index in [1.54, 1.807) is 7.11 Å². The molecule has 19 heavy (non-hydrogen) atoms. The Balaban J connectivity index is 1.74. The van der Waals surface area contributed by atoms with E-state index in [4.69, 9.17) is 18.9 Å². The van der Waals surface area contributed by atoms with Crippen molar-refractivity contribution in [3.8, 4) is 0 Å². The van der Waals surface area contributed by atoms with Crippen LogP contribution in [0.5, 0.6) is 0 Å². The van der Waals surface area contributed by atoms with Gasteiger partial charge in [0.15, 0.2) is 6.10 Å². The highest BCUT2D eigenvalue weighted by atomic mass is 16.7. The van der Waals surface area contributed by atoms with Gasteiger partial charge in [-0.05, 0) is 5.56 Å². The Kier molecular flexibility index (Phi) is 5.32. The maximum atomic E-state index is 11.6. The molecule has 5 heteroatoms. The second kappa shape index (κ2) is 7.23. The van der Waals surface area contributed by atoms with E-state index in [2.05, 4.69) is 0 Å². The van der Waals surface area contributed by atoms with Crippen LogP contribution in [-0.4, -0.2) is 38.7 Å². The first-order valence-corrected chi connectivity index (χ1v) is 6.22. The van der Waals surface area contributed by atoms with Crippen LogP contribution in [-0.2, 0) is 30.3 Å². The highest BCUT2D eigenvalue weighted by Gasteiger charge is 2.35. The van der Waals surface area contributed by atoms with Crippen LogP contribution in [0.4, 0.5) is 0 Å². The summed E-state index contributed by atoms with van der Waals surface area (Å²) in [7, 11) is 1.55. The fraction of sp³-hybridized carbons (Fsp3) is 0.500. The van der Waals surface area contributed by atoms with Gasteiger partial charge in [0.1, 0.15) is 12.9 Å². The van der Waals surface area contributed by atoms with Crippen LogP contribution in [0.1, 0.15) is 12.0 Å². The van der Waals surface area contributed by atoms with Crippen molar-refractivity contribution in [1.29, 1.82) is 0 Å². The summed E-state index contributed by atoms with van der Waals surface area (Å²) < 4.78 is 20.7. The Morgan fingerprint density at radius 2 is 2.11 bits per heavy atom. The van der Waals surface area contributed by atoms with Gasteiger partial charge in [0.05, 0.1) is 13.2 Å². The topological polar surface area (TPSA) is 54.0 Å². The Morgan fingerprint density at radius 1 is 1.32 bits per heavy atom. The zero-order valence-corrected chi connectivity index (χ0v) is 10.9. The van der Waals surface area contributed by atoms with Crippen LogP contribution < -0.4 is 0 Å². The molecule has 1 aromatic carbocycles. The molecule has 1 aliphatic rings. The van der Waals surface area contributed by atoms with Gasteiger partial charge in [-0.1, -0.05) is 30.3 Å². The van der Waals surface area contributed by atoms with E-state index in [1.807, 2.05) is 30.3 Å². The average Bonchev–Trinajstić information content (AvgIpc) is 2.78. The SMILES string of the molecule is COCOC[C@@H]1C[C@H](OCc2ccccc2)C(=O)O1. The Bertz CT molecular complexity index is 392. The number of carbonyl (C=O) groups excluding carboxylic acids is 1. The Morgan fingerprint density at radius 3 is 2.84 bits per heavy atom. The highest BCUT2D eigenvalue weighted by Crippen LogP contribution is 2.19. The Hall–Kier alpha value is -1.43. The predicted molar refractivity (Wildman–Crippen MR) is 67.3 cm³/mol. The molecule has 0 spiro atoms. The molecular weight excluding hydrogens is 248 g/mol. The highest BCUT2D eigenvalue weighted by molar-refractivity contribution is 5.76. The van der Waals surface area contributed by atoms with Gasteiger partial charge in [-0.25, -0.2) is 4.79 Å². The standard InChI is InChI=1S/C14H18O5/c1-16-10-17-9-12-7-13(14(15)19-12)18-8-11-5-3-2-4-6-11/h2-6,12-13H,7-10H2,1H3/t12-,13-/m0/s1. The number of esters is 1. The summed E-state index contributed by atoms with van der Waals surface area (Å²) in [5, 5.41) is 0. The minimum absolute atomic E-state index is 0.198. The summed E-state index contributed by atoms with van der Waals surface area (Å²) >= 11 is 0. The van der Waals surface area contributed by atoms with E-state index in [1.165, 1.54) is 0 Å². The zero-order valence-electron chi connectivity index (χ0n) is 10.9. The molecule has 0 N–H and O–H groups in total. The van der Waals surface area contributed by atoms with Gasteiger partial charge >= 0.3 is 5.97 Å². The largest absolute Gasteiger partial charge is 0.458 e. The van der Waals surface area contributed by atoms with Crippen LogP contribution in [0.3, 0.4) is 0 Å². The summed E-state index contributed by atoms with van der Waals surface area (Å²) in [5.41, 5.74) is 1.04. The van der Waals surface area contributed by atoms with Crippen LogP contribution in [0.25, 0.3) is 0 Å². The number of methoxy groups -OCH3 is 1. The molecule has 1 saturated heterocycles. The van der Waals surface area contributed by atoms with Crippen molar-refractivity contribution in [2.75, 3.05) is 20.5 Å². The minimum atomic E-state index is -0.503. The molecule has 1 aliphatic heterocycles. The maximum Gasteiger partial charge on any atom is 0.335 e. The van der Waals surface area contributed by atoms with E-state index in [-0.39, 0.29) is 18.9 Å². The molecule has 1 heterocycles. The van der Waals surface area contributed by atoms with E-state index in [9.17, 15) is 4.79 Å². The van der Waals surface area contributed by atoms with Crippen LogP contribution in [0.15, 0.2) is 30.3 Å². The Labute approximate surface area is 112 Å². The molecule has 2 atom stereocenters. The monoisotopic (exact) mass is 266 g/mol. The van der Waals surface area contributed by atoms with Gasteiger partial charge in [-0.15, -0.1) is 0 Å². The molecule has 0 aromatic heterocycles. The molecular formula is C14H18O5. The quantitative estimate of drug-likeness (QED) is 0.425. The van der Waals surface area contributed by atoms with Gasteiger partial charge in [0.2, 0.25) is 0 Å². The molecule has 0 saturated carbocycles. The summed E-state index contributed by atoms with van der Waals surface area (Å²) in [5.74, 6) is -0.318. The maximum absolute atomic E-state index is 11.6. The second-order valence-electron chi connectivity index (χ2n) is 4.36. The van der Waals surface area contributed by atoms with Crippen LogP contribution in [0.2, 0.25) is 0 Å². The number of rotatable bonds is 7. The van der Waals surface area contributed by atoms with E-state index in [0.29, 0.717) is 19.6 Å². The number of cyclic esters (lactones) is 1. The molecule has 0 radical (unpaired) electrons.